The molecule has 218 valence electrons. The van der Waals surface area contributed by atoms with Gasteiger partial charge in [0.05, 0.1) is 5.84 Å². The topological polar surface area (TPSA) is 85.8 Å². The van der Waals surface area contributed by atoms with Crippen LogP contribution in [0.3, 0.4) is 0 Å². The molecular formula is C32H52FN5O. The number of benzene rings is 1. The van der Waals surface area contributed by atoms with Crippen molar-refractivity contribution in [2.24, 2.45) is 16.6 Å². The van der Waals surface area contributed by atoms with Crippen LogP contribution in [-0.2, 0) is 4.79 Å². The molecule has 0 spiro atoms. The highest BCUT2D eigenvalue weighted by Gasteiger charge is 2.25. The molecule has 1 fully saturated rings. The number of rotatable bonds is 9. The summed E-state index contributed by atoms with van der Waals surface area (Å²) in [7, 11) is 0. The molecule has 1 aromatic carbocycles. The lowest BCUT2D eigenvalue weighted by atomic mass is 9.92. The van der Waals surface area contributed by atoms with E-state index in [1.54, 1.807) is 6.07 Å². The summed E-state index contributed by atoms with van der Waals surface area (Å²) in [6.07, 6.45) is 8.40. The average Bonchev–Trinajstić information content (AvgIpc) is 2.93. The number of carbonyl (C=O) groups excluding carboxylic acids is 1. The van der Waals surface area contributed by atoms with E-state index in [4.69, 9.17) is 11.1 Å². The first-order chi connectivity index (χ1) is 18.6. The van der Waals surface area contributed by atoms with Crippen LogP contribution in [-0.4, -0.2) is 53.4 Å². The van der Waals surface area contributed by atoms with Crippen LogP contribution in [0.2, 0.25) is 0 Å². The minimum atomic E-state index is -0.245. The third-order valence-corrected chi connectivity index (χ3v) is 6.13. The first-order valence-corrected chi connectivity index (χ1v) is 14.3. The number of piperazine rings is 1. The molecule has 2 rings (SSSR count). The summed E-state index contributed by atoms with van der Waals surface area (Å²) in [4.78, 5) is 21.2. The molecule has 0 aliphatic carbocycles. The Balaban J connectivity index is 0.00000159. The number of amides is 1. The van der Waals surface area contributed by atoms with Gasteiger partial charge < -0.3 is 15.5 Å². The number of nitrogens with two attached hydrogens (primary N) is 1. The molecule has 0 saturated carbocycles. The number of hydrogen-bond donors (Lipinski definition) is 2. The highest BCUT2D eigenvalue weighted by Crippen LogP contribution is 2.30. The molecular weight excluding hydrogens is 489 g/mol. The number of amidine groups is 1. The molecule has 1 saturated heterocycles. The van der Waals surface area contributed by atoms with Crippen molar-refractivity contribution in [2.75, 3.05) is 26.2 Å². The molecule has 0 atom stereocenters. The monoisotopic (exact) mass is 541 g/mol. The molecule has 3 N–H and O–H groups in total. The molecule has 1 amide bonds. The van der Waals surface area contributed by atoms with Crippen molar-refractivity contribution >= 4 is 23.0 Å². The van der Waals surface area contributed by atoms with Gasteiger partial charge in [0.25, 0.3) is 0 Å². The fourth-order valence-corrected chi connectivity index (χ4v) is 4.16. The Labute approximate surface area is 237 Å². The van der Waals surface area contributed by atoms with Gasteiger partial charge in [-0.2, -0.15) is 0 Å². The average molecular weight is 542 g/mol. The Kier molecular flexibility index (Phi) is 18.2. The van der Waals surface area contributed by atoms with Gasteiger partial charge in [-0.1, -0.05) is 71.9 Å². The number of nitrogens with one attached hydrogen (secondary N) is 1. The lowest BCUT2D eigenvalue weighted by Crippen LogP contribution is -2.49. The van der Waals surface area contributed by atoms with Crippen molar-refractivity contribution in [3.8, 4) is 0 Å². The number of allylic oxidation sites excluding steroid dienone is 5. The molecule has 1 aliphatic heterocycles. The van der Waals surface area contributed by atoms with Crippen molar-refractivity contribution in [3.63, 3.8) is 0 Å². The summed E-state index contributed by atoms with van der Waals surface area (Å²) < 4.78 is 14.7. The maximum atomic E-state index is 14.7. The van der Waals surface area contributed by atoms with E-state index in [9.17, 15) is 9.18 Å². The second kappa shape index (κ2) is 19.8. The summed E-state index contributed by atoms with van der Waals surface area (Å²) in [5, 5.41) is 6.67. The number of hydrogen-bond acceptors (Lipinski definition) is 4. The summed E-state index contributed by atoms with van der Waals surface area (Å²) in [5.41, 5.74) is 9.24. The highest BCUT2D eigenvalue weighted by molar-refractivity contribution is 6.12. The van der Waals surface area contributed by atoms with Gasteiger partial charge in [-0.05, 0) is 45.3 Å². The third-order valence-electron chi connectivity index (χ3n) is 6.13. The largest absolute Gasteiger partial charge is 0.388 e. The van der Waals surface area contributed by atoms with Crippen molar-refractivity contribution in [3.05, 3.63) is 65.3 Å². The van der Waals surface area contributed by atoms with Gasteiger partial charge in [-0.15, -0.1) is 0 Å². The molecule has 0 aromatic heterocycles. The highest BCUT2D eigenvalue weighted by atomic mass is 19.1. The van der Waals surface area contributed by atoms with Crippen LogP contribution in [0.4, 0.5) is 4.39 Å². The third kappa shape index (κ3) is 12.0. The number of carbonyl (C=O) groups is 1. The molecule has 1 aromatic rings. The molecule has 0 unspecified atom stereocenters. The van der Waals surface area contributed by atoms with E-state index in [1.807, 2.05) is 83.9 Å². The van der Waals surface area contributed by atoms with Gasteiger partial charge in [0, 0.05) is 67.3 Å². The van der Waals surface area contributed by atoms with Gasteiger partial charge in [0.2, 0.25) is 5.91 Å². The zero-order chi connectivity index (χ0) is 30.0. The maximum absolute atomic E-state index is 14.7. The molecule has 0 radical (unpaired) electrons. The smallest absolute Gasteiger partial charge is 0.225 e. The van der Waals surface area contributed by atoms with E-state index in [-0.39, 0.29) is 23.5 Å². The minimum absolute atomic E-state index is 0.00849. The van der Waals surface area contributed by atoms with Crippen molar-refractivity contribution in [2.45, 2.75) is 81.6 Å². The second-order valence-corrected chi connectivity index (χ2v) is 9.39. The van der Waals surface area contributed by atoms with Crippen LogP contribution in [0.15, 0.2) is 58.9 Å². The number of nitrogens with zero attached hydrogens (tertiary/aromatic N) is 3. The Hall–Kier alpha value is -3.22. The predicted molar refractivity (Wildman–Crippen MR) is 166 cm³/mol. The van der Waals surface area contributed by atoms with Crippen LogP contribution in [0.5, 0.6) is 0 Å². The van der Waals surface area contributed by atoms with Gasteiger partial charge in [0.15, 0.2) is 0 Å². The zero-order valence-electron chi connectivity index (χ0n) is 25.8. The zero-order valence-corrected chi connectivity index (χ0v) is 25.8. The van der Waals surface area contributed by atoms with E-state index < -0.39 is 0 Å². The van der Waals surface area contributed by atoms with E-state index in [2.05, 4.69) is 23.7 Å². The number of aliphatic imine (C=N–C) groups is 1. The summed E-state index contributed by atoms with van der Waals surface area (Å²) in [6.45, 7) is 20.8. The SMILES string of the molecule is CC.CCCC(=N)N.C\C=C(C(/C(C)=N/C=C/CC)=C(/C)N1CCN(C(=O)C(C)C)CC1)\c1ccccc1F. The van der Waals surface area contributed by atoms with Crippen LogP contribution in [0.1, 0.15) is 87.1 Å². The quantitative estimate of drug-likeness (QED) is 0.194. The standard InChI is InChI=1S/C26H36FN3O.C4H10N2.C2H6/c1-7-9-14-28-20(5)25(22(8-2)23-12-10-11-13-24(23)27)21(6)29-15-17-30(18-16-29)26(31)19(3)4;1-2-3-4(5)6;1-2/h8-14,19H,7,15-18H2,1-6H3;2-3H2,1H3,(H3,5,6);1-2H3/b14-9+,22-8-,25-21-,28-20+;;. The first kappa shape index (κ1) is 35.8. The summed E-state index contributed by atoms with van der Waals surface area (Å²) >= 11 is 0. The van der Waals surface area contributed by atoms with Gasteiger partial charge in [0.1, 0.15) is 5.82 Å². The van der Waals surface area contributed by atoms with Crippen molar-refractivity contribution in [1.82, 2.24) is 9.80 Å². The molecule has 39 heavy (non-hydrogen) atoms. The normalized spacial score (nSPS) is 14.8. The predicted octanol–water partition coefficient (Wildman–Crippen LogP) is 7.44. The Morgan fingerprint density at radius 3 is 2.10 bits per heavy atom. The van der Waals surface area contributed by atoms with Gasteiger partial charge in [-0.25, -0.2) is 4.39 Å². The van der Waals surface area contributed by atoms with Gasteiger partial charge in [-0.3, -0.25) is 15.2 Å². The fourth-order valence-electron chi connectivity index (χ4n) is 4.16. The van der Waals surface area contributed by atoms with Crippen LogP contribution < -0.4 is 5.73 Å². The van der Waals surface area contributed by atoms with E-state index in [1.165, 1.54) is 6.07 Å². The van der Waals surface area contributed by atoms with Crippen molar-refractivity contribution in [1.29, 1.82) is 5.41 Å². The van der Waals surface area contributed by atoms with Crippen molar-refractivity contribution < 1.29 is 9.18 Å². The Bertz CT molecular complexity index is 1020. The fraction of sp³-hybridized carbons (Fsp3) is 0.531. The lowest BCUT2D eigenvalue weighted by molar-refractivity contribution is -0.135. The minimum Gasteiger partial charge on any atom is -0.388 e. The lowest BCUT2D eigenvalue weighted by Gasteiger charge is -2.38. The van der Waals surface area contributed by atoms with Crippen LogP contribution in [0, 0.1) is 17.1 Å². The van der Waals surface area contributed by atoms with E-state index in [0.29, 0.717) is 18.7 Å². The second-order valence-electron chi connectivity index (χ2n) is 9.39. The maximum Gasteiger partial charge on any atom is 0.225 e. The van der Waals surface area contributed by atoms with E-state index in [0.717, 1.165) is 54.9 Å². The Morgan fingerprint density at radius 2 is 1.67 bits per heavy atom. The molecule has 6 nitrogen and oxygen atoms in total. The van der Waals surface area contributed by atoms with Crippen LogP contribution >= 0.6 is 0 Å². The Morgan fingerprint density at radius 1 is 1.10 bits per heavy atom. The summed E-state index contributed by atoms with van der Waals surface area (Å²) in [5.74, 6) is 0.251. The van der Waals surface area contributed by atoms with Crippen LogP contribution in [0.25, 0.3) is 5.57 Å². The number of halogens is 1. The first-order valence-electron chi connectivity index (χ1n) is 14.3. The van der Waals surface area contributed by atoms with Gasteiger partial charge >= 0.3 is 0 Å². The van der Waals surface area contributed by atoms with E-state index >= 15 is 0 Å². The molecule has 1 heterocycles. The molecule has 1 aliphatic rings. The molecule has 7 heteroatoms. The molecule has 0 bridgehead atoms. The summed E-state index contributed by atoms with van der Waals surface area (Å²) in [6, 6.07) is 6.87.